The molecule has 1 aliphatic carbocycles. The van der Waals surface area contributed by atoms with Crippen LogP contribution in [0.15, 0.2) is 18.2 Å². The van der Waals surface area contributed by atoms with E-state index < -0.39 is 0 Å². The Labute approximate surface area is 106 Å². The molecule has 1 heterocycles. The van der Waals surface area contributed by atoms with Crippen LogP contribution in [-0.4, -0.2) is 11.8 Å². The van der Waals surface area contributed by atoms with Crippen molar-refractivity contribution < 1.29 is 9.59 Å². The lowest BCUT2D eigenvalue weighted by Gasteiger charge is -2.17. The van der Waals surface area contributed by atoms with Gasteiger partial charge in [-0.1, -0.05) is 6.42 Å². The summed E-state index contributed by atoms with van der Waals surface area (Å²) in [6.07, 6.45) is 2.68. The first-order valence-corrected chi connectivity index (χ1v) is 6.33. The molecule has 4 nitrogen and oxygen atoms in total. The molecule has 0 aromatic heterocycles. The topological polar surface area (TPSA) is 63.4 Å². The summed E-state index contributed by atoms with van der Waals surface area (Å²) in [5, 5.41) is 0. The fourth-order valence-corrected chi connectivity index (χ4v) is 3.04. The highest BCUT2D eigenvalue weighted by atomic mass is 16.2. The van der Waals surface area contributed by atoms with Crippen molar-refractivity contribution in [3.8, 4) is 0 Å². The molecule has 1 aromatic carbocycles. The molecule has 2 fully saturated rings. The Kier molecular flexibility index (Phi) is 2.40. The Morgan fingerprint density at radius 3 is 2.33 bits per heavy atom. The summed E-state index contributed by atoms with van der Waals surface area (Å²) in [7, 11) is 0. The van der Waals surface area contributed by atoms with Crippen LogP contribution >= 0.6 is 0 Å². The minimum Gasteiger partial charge on any atom is -0.399 e. The van der Waals surface area contributed by atoms with Gasteiger partial charge in [0.2, 0.25) is 11.8 Å². The number of fused-ring (bicyclic) bond motifs is 1. The minimum atomic E-state index is -0.0876. The number of hydrogen-bond acceptors (Lipinski definition) is 3. The van der Waals surface area contributed by atoms with Crippen LogP contribution < -0.4 is 10.6 Å². The summed E-state index contributed by atoms with van der Waals surface area (Å²) >= 11 is 0. The highest BCUT2D eigenvalue weighted by Gasteiger charge is 2.50. The number of hydrogen-bond donors (Lipinski definition) is 1. The summed E-state index contributed by atoms with van der Waals surface area (Å²) in [5.74, 6) is -0.246. The summed E-state index contributed by atoms with van der Waals surface area (Å²) < 4.78 is 0. The summed E-state index contributed by atoms with van der Waals surface area (Å²) in [5.41, 5.74) is 7.99. The van der Waals surface area contributed by atoms with E-state index in [1.165, 1.54) is 4.90 Å². The number of carbonyl (C=O) groups is 2. The van der Waals surface area contributed by atoms with Crippen LogP contribution in [0.25, 0.3) is 0 Å². The van der Waals surface area contributed by atoms with Crippen LogP contribution in [0.5, 0.6) is 0 Å². The number of rotatable bonds is 1. The first-order chi connectivity index (χ1) is 8.59. The van der Waals surface area contributed by atoms with Crippen molar-refractivity contribution in [2.75, 3.05) is 10.6 Å². The van der Waals surface area contributed by atoms with Crippen LogP contribution in [0.3, 0.4) is 0 Å². The summed E-state index contributed by atoms with van der Waals surface area (Å²) in [6.45, 7) is 1.88. The first kappa shape index (κ1) is 11.3. The molecule has 3 rings (SSSR count). The standard InChI is InChI=1S/C14H16N2O2/c1-8-7-9(5-6-12(8)15)16-13(17)10-3-2-4-11(10)14(16)18/h5-7,10-11H,2-4,15H2,1H3. The molecule has 2 unspecified atom stereocenters. The number of nitrogens with two attached hydrogens (primary N) is 1. The molecule has 2 amide bonds. The van der Waals surface area contributed by atoms with E-state index in [-0.39, 0.29) is 23.7 Å². The normalized spacial score (nSPS) is 26.8. The highest BCUT2D eigenvalue weighted by Crippen LogP contribution is 2.41. The smallest absolute Gasteiger partial charge is 0.237 e. The molecule has 0 radical (unpaired) electrons. The van der Waals surface area contributed by atoms with Crippen LogP contribution in [0.1, 0.15) is 24.8 Å². The molecule has 4 heteroatoms. The molecule has 1 saturated carbocycles. The Balaban J connectivity index is 1.99. The van der Waals surface area contributed by atoms with Gasteiger partial charge in [-0.05, 0) is 43.5 Å². The SMILES string of the molecule is Cc1cc(N2C(=O)C3CCCC3C2=O)ccc1N. The van der Waals surface area contributed by atoms with E-state index in [2.05, 4.69) is 0 Å². The van der Waals surface area contributed by atoms with Gasteiger partial charge in [-0.15, -0.1) is 0 Å². The van der Waals surface area contributed by atoms with E-state index >= 15 is 0 Å². The maximum absolute atomic E-state index is 12.3. The van der Waals surface area contributed by atoms with Crippen molar-refractivity contribution in [1.82, 2.24) is 0 Å². The average molecular weight is 244 g/mol. The highest BCUT2D eigenvalue weighted by molar-refractivity contribution is 6.22. The molecule has 2 atom stereocenters. The monoisotopic (exact) mass is 244 g/mol. The second kappa shape index (κ2) is 3.83. The predicted molar refractivity (Wildman–Crippen MR) is 68.9 cm³/mol. The maximum Gasteiger partial charge on any atom is 0.237 e. The molecule has 2 aliphatic rings. The Morgan fingerprint density at radius 2 is 1.78 bits per heavy atom. The van der Waals surface area contributed by atoms with E-state index in [4.69, 9.17) is 5.73 Å². The third-order valence-electron chi connectivity index (χ3n) is 4.10. The summed E-state index contributed by atoms with van der Waals surface area (Å²) in [6, 6.07) is 5.31. The fraction of sp³-hybridized carbons (Fsp3) is 0.429. The predicted octanol–water partition coefficient (Wildman–Crippen LogP) is 1.87. The lowest BCUT2D eigenvalue weighted by Crippen LogP contribution is -2.31. The molecule has 1 saturated heterocycles. The second-order valence-corrected chi connectivity index (χ2v) is 5.20. The van der Waals surface area contributed by atoms with Gasteiger partial charge < -0.3 is 5.73 Å². The van der Waals surface area contributed by atoms with Gasteiger partial charge in [0, 0.05) is 5.69 Å². The van der Waals surface area contributed by atoms with E-state index in [0.717, 1.165) is 24.8 Å². The van der Waals surface area contributed by atoms with Crippen molar-refractivity contribution in [2.24, 2.45) is 11.8 Å². The zero-order valence-corrected chi connectivity index (χ0v) is 10.3. The van der Waals surface area contributed by atoms with Crippen LogP contribution in [0.2, 0.25) is 0 Å². The maximum atomic E-state index is 12.3. The van der Waals surface area contributed by atoms with Crippen LogP contribution in [-0.2, 0) is 9.59 Å². The van der Waals surface area contributed by atoms with Crippen molar-refractivity contribution in [3.05, 3.63) is 23.8 Å². The number of benzene rings is 1. The van der Waals surface area contributed by atoms with Gasteiger partial charge in [0.25, 0.3) is 0 Å². The third-order valence-corrected chi connectivity index (χ3v) is 4.10. The Morgan fingerprint density at radius 1 is 1.17 bits per heavy atom. The molecule has 1 aromatic rings. The molecular formula is C14H16N2O2. The zero-order valence-electron chi connectivity index (χ0n) is 10.3. The molecule has 0 spiro atoms. The number of anilines is 2. The lowest BCUT2D eigenvalue weighted by molar-refractivity contribution is -0.122. The van der Waals surface area contributed by atoms with Crippen LogP contribution in [0.4, 0.5) is 11.4 Å². The van der Waals surface area contributed by atoms with E-state index in [1.54, 1.807) is 12.1 Å². The molecular weight excluding hydrogens is 228 g/mol. The molecule has 18 heavy (non-hydrogen) atoms. The second-order valence-electron chi connectivity index (χ2n) is 5.20. The lowest BCUT2D eigenvalue weighted by atomic mass is 10.00. The number of amides is 2. The van der Waals surface area contributed by atoms with Crippen molar-refractivity contribution in [1.29, 1.82) is 0 Å². The van der Waals surface area contributed by atoms with Gasteiger partial charge >= 0.3 is 0 Å². The van der Waals surface area contributed by atoms with Crippen molar-refractivity contribution in [3.63, 3.8) is 0 Å². The quantitative estimate of drug-likeness (QED) is 0.606. The van der Waals surface area contributed by atoms with Crippen molar-refractivity contribution in [2.45, 2.75) is 26.2 Å². The number of aryl methyl sites for hydroxylation is 1. The first-order valence-electron chi connectivity index (χ1n) is 6.33. The van der Waals surface area contributed by atoms with Crippen LogP contribution in [0, 0.1) is 18.8 Å². The third kappa shape index (κ3) is 1.45. The number of nitrogens with zero attached hydrogens (tertiary/aromatic N) is 1. The number of nitrogen functional groups attached to an aromatic ring is 1. The van der Waals surface area contributed by atoms with Crippen molar-refractivity contribution >= 4 is 23.2 Å². The zero-order chi connectivity index (χ0) is 12.9. The molecule has 94 valence electrons. The van der Waals surface area contributed by atoms with E-state index in [0.29, 0.717) is 11.4 Å². The van der Waals surface area contributed by atoms with E-state index in [9.17, 15) is 9.59 Å². The van der Waals surface area contributed by atoms with E-state index in [1.807, 2.05) is 13.0 Å². The van der Waals surface area contributed by atoms with Gasteiger partial charge in [-0.3, -0.25) is 14.5 Å². The summed E-state index contributed by atoms with van der Waals surface area (Å²) in [4.78, 5) is 25.9. The van der Waals surface area contributed by atoms with Gasteiger partial charge in [0.1, 0.15) is 0 Å². The minimum absolute atomic E-state index is 0.0355. The largest absolute Gasteiger partial charge is 0.399 e. The van der Waals surface area contributed by atoms with Gasteiger partial charge in [-0.25, -0.2) is 0 Å². The van der Waals surface area contributed by atoms with Gasteiger partial charge in [0.15, 0.2) is 0 Å². The average Bonchev–Trinajstić information content (AvgIpc) is 2.89. The Hall–Kier alpha value is -1.84. The molecule has 1 aliphatic heterocycles. The fourth-order valence-electron chi connectivity index (χ4n) is 3.04. The van der Waals surface area contributed by atoms with Gasteiger partial charge in [-0.2, -0.15) is 0 Å². The molecule has 2 N–H and O–H groups in total. The number of imide groups is 1. The Bertz CT molecular complexity index is 517. The van der Waals surface area contributed by atoms with Gasteiger partial charge in [0.05, 0.1) is 17.5 Å². The molecule has 0 bridgehead atoms. The number of carbonyl (C=O) groups excluding carboxylic acids is 2.